The number of hydrogen-bond donors (Lipinski definition) is 1. The molecule has 1 unspecified atom stereocenters. The Morgan fingerprint density at radius 2 is 1.93 bits per heavy atom. The first-order valence-corrected chi connectivity index (χ1v) is 11.5. The summed E-state index contributed by atoms with van der Waals surface area (Å²) in [4.78, 5) is 2.56. The molecule has 0 saturated carbocycles. The largest absolute Gasteiger partial charge is 0.490 e. The van der Waals surface area contributed by atoms with E-state index in [9.17, 15) is 0 Å². The summed E-state index contributed by atoms with van der Waals surface area (Å²) in [6.45, 7) is 9.47. The second-order valence-corrected chi connectivity index (χ2v) is 8.60. The first-order chi connectivity index (χ1) is 14.1. The number of benzene rings is 2. The highest BCUT2D eigenvalue weighted by atomic mass is 79.9. The highest BCUT2D eigenvalue weighted by Gasteiger charge is 2.22. The third kappa shape index (κ3) is 6.35. The summed E-state index contributed by atoms with van der Waals surface area (Å²) in [6, 6.07) is 12.5. The van der Waals surface area contributed by atoms with Crippen molar-refractivity contribution in [1.82, 2.24) is 10.2 Å². The molecule has 1 aliphatic heterocycles. The van der Waals surface area contributed by atoms with Gasteiger partial charge < -0.3 is 14.8 Å². The van der Waals surface area contributed by atoms with Crippen LogP contribution in [0.1, 0.15) is 37.8 Å². The quantitative estimate of drug-likeness (QED) is 0.475. The van der Waals surface area contributed by atoms with Crippen molar-refractivity contribution in [3.8, 4) is 11.5 Å². The average Bonchev–Trinajstić information content (AvgIpc) is 3.16. The molecule has 1 fully saturated rings. The second-order valence-electron chi connectivity index (χ2n) is 7.31. The van der Waals surface area contributed by atoms with Gasteiger partial charge in [-0.2, -0.15) is 0 Å². The lowest BCUT2D eigenvalue weighted by atomic mass is 10.1. The predicted octanol–water partition coefficient (Wildman–Crippen LogP) is 5.65. The Morgan fingerprint density at radius 3 is 2.66 bits per heavy atom. The molecule has 6 heteroatoms. The molecular formula is C23H30BrClN2O2. The summed E-state index contributed by atoms with van der Waals surface area (Å²) in [5, 5.41) is 4.34. The molecule has 3 rings (SSSR count). The van der Waals surface area contributed by atoms with Crippen LogP contribution in [0.2, 0.25) is 5.02 Å². The van der Waals surface area contributed by atoms with Crippen LogP contribution in [0.25, 0.3) is 0 Å². The smallest absolute Gasteiger partial charge is 0.175 e. The number of halogens is 2. The Labute approximate surface area is 187 Å². The Kier molecular flexibility index (Phi) is 8.67. The van der Waals surface area contributed by atoms with Crippen LogP contribution in [-0.2, 0) is 13.2 Å². The van der Waals surface area contributed by atoms with Crippen molar-refractivity contribution in [3.05, 3.63) is 57.0 Å². The lowest BCUT2D eigenvalue weighted by Crippen LogP contribution is -2.37. The number of likely N-dealkylation sites (N-methyl/N-ethyl adjacent to an activating group) is 1. The zero-order valence-electron chi connectivity index (χ0n) is 17.2. The molecule has 0 bridgehead atoms. The van der Waals surface area contributed by atoms with Crippen LogP contribution in [0.3, 0.4) is 0 Å². The standard InChI is InChI=1S/C23H30BrClN2O2/c1-3-27-11-5-6-20(27)15-26-14-18-12-21(24)23(22(13-18)28-4-2)29-16-17-7-9-19(25)10-8-17/h7-10,12-13,20,26H,3-6,11,14-16H2,1-2H3. The van der Waals surface area contributed by atoms with E-state index in [4.69, 9.17) is 21.1 Å². The third-order valence-corrected chi connectivity index (χ3v) is 6.12. The SMILES string of the molecule is CCOc1cc(CNCC2CCCN2CC)cc(Br)c1OCc1ccc(Cl)cc1. The Bertz CT molecular complexity index is 785. The fourth-order valence-corrected chi connectivity index (χ4v) is 4.52. The van der Waals surface area contributed by atoms with Crippen molar-refractivity contribution in [1.29, 1.82) is 0 Å². The first-order valence-electron chi connectivity index (χ1n) is 10.4. The lowest BCUT2D eigenvalue weighted by Gasteiger charge is -2.23. The van der Waals surface area contributed by atoms with Gasteiger partial charge in [-0.15, -0.1) is 0 Å². The van der Waals surface area contributed by atoms with Gasteiger partial charge in [0, 0.05) is 24.2 Å². The summed E-state index contributed by atoms with van der Waals surface area (Å²) in [5.74, 6) is 1.50. The van der Waals surface area contributed by atoms with Crippen LogP contribution >= 0.6 is 27.5 Å². The zero-order valence-corrected chi connectivity index (χ0v) is 19.6. The topological polar surface area (TPSA) is 33.7 Å². The molecule has 1 atom stereocenters. The van der Waals surface area contributed by atoms with Gasteiger partial charge in [0.25, 0.3) is 0 Å². The molecule has 1 heterocycles. The molecule has 0 spiro atoms. The predicted molar refractivity (Wildman–Crippen MR) is 123 cm³/mol. The van der Waals surface area contributed by atoms with Gasteiger partial charge in [-0.25, -0.2) is 0 Å². The molecule has 2 aromatic carbocycles. The fourth-order valence-electron chi connectivity index (χ4n) is 3.79. The van der Waals surface area contributed by atoms with Gasteiger partial charge >= 0.3 is 0 Å². The molecule has 158 valence electrons. The van der Waals surface area contributed by atoms with Crippen molar-refractivity contribution in [2.75, 3.05) is 26.2 Å². The fraction of sp³-hybridized carbons (Fsp3) is 0.478. The van der Waals surface area contributed by atoms with Crippen molar-refractivity contribution < 1.29 is 9.47 Å². The van der Waals surface area contributed by atoms with Crippen LogP contribution in [0.15, 0.2) is 40.9 Å². The minimum absolute atomic E-state index is 0.460. The van der Waals surface area contributed by atoms with Gasteiger partial charge in [0.05, 0.1) is 11.1 Å². The van der Waals surface area contributed by atoms with Crippen LogP contribution in [-0.4, -0.2) is 37.2 Å². The second kappa shape index (κ2) is 11.2. The number of nitrogens with zero attached hydrogens (tertiary/aromatic N) is 1. The van der Waals surface area contributed by atoms with E-state index in [2.05, 4.69) is 45.2 Å². The van der Waals surface area contributed by atoms with Gasteiger partial charge in [0.2, 0.25) is 0 Å². The highest BCUT2D eigenvalue weighted by molar-refractivity contribution is 9.10. The minimum Gasteiger partial charge on any atom is -0.490 e. The van der Waals surface area contributed by atoms with Gasteiger partial charge in [-0.05, 0) is 84.2 Å². The summed E-state index contributed by atoms with van der Waals surface area (Å²) in [5.41, 5.74) is 2.24. The van der Waals surface area contributed by atoms with Gasteiger partial charge in [0.15, 0.2) is 11.5 Å². The summed E-state index contributed by atoms with van der Waals surface area (Å²) in [6.07, 6.45) is 2.59. The number of nitrogens with one attached hydrogen (secondary N) is 1. The van der Waals surface area contributed by atoms with E-state index in [1.807, 2.05) is 31.2 Å². The van der Waals surface area contributed by atoms with E-state index in [1.54, 1.807) is 0 Å². The van der Waals surface area contributed by atoms with Crippen LogP contribution in [0, 0.1) is 0 Å². The molecule has 0 aromatic heterocycles. The molecule has 1 saturated heterocycles. The third-order valence-electron chi connectivity index (χ3n) is 5.28. The summed E-state index contributed by atoms with van der Waals surface area (Å²) in [7, 11) is 0. The van der Waals surface area contributed by atoms with Crippen LogP contribution in [0.4, 0.5) is 0 Å². The molecule has 1 aliphatic rings. The summed E-state index contributed by atoms with van der Waals surface area (Å²) >= 11 is 9.63. The number of hydrogen-bond acceptors (Lipinski definition) is 4. The van der Waals surface area contributed by atoms with E-state index in [-0.39, 0.29) is 0 Å². The van der Waals surface area contributed by atoms with Gasteiger partial charge in [-0.1, -0.05) is 30.7 Å². The minimum atomic E-state index is 0.460. The molecule has 4 nitrogen and oxygen atoms in total. The maximum atomic E-state index is 6.07. The Balaban J connectivity index is 1.63. The molecule has 0 amide bonds. The van der Waals surface area contributed by atoms with E-state index >= 15 is 0 Å². The highest BCUT2D eigenvalue weighted by Crippen LogP contribution is 2.37. The molecule has 29 heavy (non-hydrogen) atoms. The van der Waals surface area contributed by atoms with Gasteiger partial charge in [-0.3, -0.25) is 4.90 Å². The average molecular weight is 482 g/mol. The first kappa shape index (κ1) is 22.4. The Morgan fingerprint density at radius 1 is 1.14 bits per heavy atom. The van der Waals surface area contributed by atoms with E-state index < -0.39 is 0 Å². The van der Waals surface area contributed by atoms with E-state index in [0.717, 1.165) is 46.2 Å². The number of likely N-dealkylation sites (tertiary alicyclic amines) is 1. The monoisotopic (exact) mass is 480 g/mol. The lowest BCUT2D eigenvalue weighted by molar-refractivity contribution is 0.259. The normalized spacial score (nSPS) is 16.9. The van der Waals surface area contributed by atoms with Gasteiger partial charge in [0.1, 0.15) is 6.61 Å². The molecule has 0 radical (unpaired) electrons. The molecule has 2 aromatic rings. The number of ether oxygens (including phenoxy) is 2. The van der Waals surface area contributed by atoms with Crippen molar-refractivity contribution in [2.45, 2.75) is 45.9 Å². The Hall–Kier alpha value is -1.27. The van der Waals surface area contributed by atoms with Crippen molar-refractivity contribution in [2.24, 2.45) is 0 Å². The number of rotatable bonds is 10. The molecule has 1 N–H and O–H groups in total. The maximum absolute atomic E-state index is 6.07. The van der Waals surface area contributed by atoms with Crippen molar-refractivity contribution >= 4 is 27.5 Å². The van der Waals surface area contributed by atoms with Crippen LogP contribution < -0.4 is 14.8 Å². The van der Waals surface area contributed by atoms with Crippen LogP contribution in [0.5, 0.6) is 11.5 Å². The van der Waals surface area contributed by atoms with E-state index in [0.29, 0.717) is 19.3 Å². The van der Waals surface area contributed by atoms with E-state index in [1.165, 1.54) is 24.9 Å². The molecule has 0 aliphatic carbocycles. The zero-order chi connectivity index (χ0) is 20.6. The summed E-state index contributed by atoms with van der Waals surface area (Å²) < 4.78 is 12.8. The molecular weight excluding hydrogens is 452 g/mol. The maximum Gasteiger partial charge on any atom is 0.175 e. The van der Waals surface area contributed by atoms with Crippen molar-refractivity contribution in [3.63, 3.8) is 0 Å².